The lowest BCUT2D eigenvalue weighted by Gasteiger charge is -2.27. The van der Waals surface area contributed by atoms with E-state index >= 15 is 0 Å². The van der Waals surface area contributed by atoms with Gasteiger partial charge in [0.05, 0.1) is 11.3 Å². The van der Waals surface area contributed by atoms with Gasteiger partial charge in [0.1, 0.15) is 11.3 Å². The van der Waals surface area contributed by atoms with Gasteiger partial charge in [-0.3, -0.25) is 4.99 Å². The number of aliphatic imine (C=N–C) groups is 1. The highest BCUT2D eigenvalue weighted by atomic mass is 16.3. The van der Waals surface area contributed by atoms with Gasteiger partial charge in [0.15, 0.2) is 5.58 Å². The van der Waals surface area contributed by atoms with E-state index in [1.165, 1.54) is 22.3 Å². The Labute approximate surface area is 333 Å². The number of hydrogen-bond donors (Lipinski definition) is 1. The quantitative estimate of drug-likeness (QED) is 0.166. The molecule has 56 heavy (non-hydrogen) atoms. The van der Waals surface area contributed by atoms with Crippen LogP contribution < -0.4 is 0 Å². The number of oxazole rings is 1. The van der Waals surface area contributed by atoms with Crippen molar-refractivity contribution >= 4 is 33.8 Å². The van der Waals surface area contributed by atoms with Gasteiger partial charge in [-0.15, -0.1) is 0 Å². The van der Waals surface area contributed by atoms with Crippen molar-refractivity contribution in [2.45, 2.75) is 98.8 Å². The molecule has 0 amide bonds. The van der Waals surface area contributed by atoms with Crippen LogP contribution in [-0.4, -0.2) is 16.3 Å². The van der Waals surface area contributed by atoms with E-state index in [-0.39, 0.29) is 22.0 Å². The Kier molecular flexibility index (Phi) is 10.1. The molecule has 7 aromatic rings. The van der Waals surface area contributed by atoms with Gasteiger partial charge in [-0.2, -0.15) is 0 Å². The van der Waals surface area contributed by atoms with Crippen molar-refractivity contribution in [3.05, 3.63) is 137 Å². The molecule has 0 aliphatic heterocycles. The van der Waals surface area contributed by atoms with E-state index < -0.39 is 0 Å². The van der Waals surface area contributed by atoms with Crippen LogP contribution in [0, 0.1) is 5.92 Å². The number of nitrogens with zero attached hydrogens (tertiary/aromatic N) is 2. The number of rotatable bonds is 7. The van der Waals surface area contributed by atoms with Crippen LogP contribution in [0.3, 0.4) is 0 Å². The molecule has 0 saturated carbocycles. The first-order valence-corrected chi connectivity index (χ1v) is 20.0. The minimum Gasteiger partial charge on any atom is -0.507 e. The Morgan fingerprint density at radius 2 is 1.34 bits per heavy atom. The summed E-state index contributed by atoms with van der Waals surface area (Å²) in [5, 5.41) is 13.7. The molecule has 0 radical (unpaired) electrons. The van der Waals surface area contributed by atoms with Crippen LogP contribution in [0.4, 0.5) is 5.69 Å². The van der Waals surface area contributed by atoms with Gasteiger partial charge in [0.25, 0.3) is 0 Å². The highest BCUT2D eigenvalue weighted by molar-refractivity contribution is 6.03. The molecule has 7 rings (SSSR count). The lowest BCUT2D eigenvalue weighted by Crippen LogP contribution is -2.17. The van der Waals surface area contributed by atoms with Crippen molar-refractivity contribution in [1.82, 2.24) is 4.98 Å². The zero-order chi connectivity index (χ0) is 40.2. The van der Waals surface area contributed by atoms with E-state index in [9.17, 15) is 5.11 Å². The summed E-state index contributed by atoms with van der Waals surface area (Å²) in [7, 11) is 0. The first kappa shape index (κ1) is 38.8. The number of hydrogen-bond acceptors (Lipinski definition) is 4. The molecule has 0 saturated heterocycles. The third-order valence-corrected chi connectivity index (χ3v) is 10.7. The molecule has 0 aliphatic rings. The Balaban J connectivity index is 1.37. The lowest BCUT2D eigenvalue weighted by atomic mass is 9.79. The smallest absolute Gasteiger partial charge is 0.229 e. The molecule has 0 bridgehead atoms. The maximum Gasteiger partial charge on any atom is 0.229 e. The predicted octanol–water partition coefficient (Wildman–Crippen LogP) is 14.5. The third-order valence-electron chi connectivity index (χ3n) is 10.7. The molecule has 1 N–H and O–H groups in total. The Morgan fingerprint density at radius 3 is 2.02 bits per heavy atom. The van der Waals surface area contributed by atoms with E-state index in [1.807, 2.05) is 12.1 Å². The van der Waals surface area contributed by atoms with Crippen LogP contribution in [0.15, 0.2) is 119 Å². The summed E-state index contributed by atoms with van der Waals surface area (Å²) in [6.45, 7) is 24.2. The first-order valence-electron chi connectivity index (χ1n) is 20.0. The summed E-state index contributed by atoms with van der Waals surface area (Å²) in [5.41, 5.74) is 12.4. The van der Waals surface area contributed by atoms with E-state index in [0.29, 0.717) is 17.4 Å². The zero-order valence-corrected chi connectivity index (χ0v) is 35.0. The van der Waals surface area contributed by atoms with Gasteiger partial charge in [-0.1, -0.05) is 161 Å². The van der Waals surface area contributed by atoms with Crippen molar-refractivity contribution < 1.29 is 9.52 Å². The van der Waals surface area contributed by atoms with Crippen molar-refractivity contribution in [3.8, 4) is 39.5 Å². The minimum absolute atomic E-state index is 0.110. The molecule has 6 aromatic carbocycles. The summed E-state index contributed by atoms with van der Waals surface area (Å²) in [5.74, 6) is 1.37. The van der Waals surface area contributed by atoms with Gasteiger partial charge in [-0.05, 0) is 91.6 Å². The van der Waals surface area contributed by atoms with Gasteiger partial charge in [0, 0.05) is 28.3 Å². The number of fused-ring (bicyclic) bond motifs is 2. The SMILES string of the molecule is CC(C)Cc1cccc(-c2ccc(-c3cc(C(C)(C)C)cc4oc(-c5ccc6ccccc6c5N=Cc5cc(C(C)(C)C)cc(C(C)(C)C)c5O)nc34)cc2)c1. The van der Waals surface area contributed by atoms with Gasteiger partial charge in [-0.25, -0.2) is 4.98 Å². The highest BCUT2D eigenvalue weighted by Crippen LogP contribution is 2.43. The fourth-order valence-corrected chi connectivity index (χ4v) is 7.45. The lowest BCUT2D eigenvalue weighted by molar-refractivity contribution is 0.444. The first-order chi connectivity index (χ1) is 26.4. The van der Waals surface area contributed by atoms with Crippen LogP contribution in [0.2, 0.25) is 0 Å². The second kappa shape index (κ2) is 14.5. The molecule has 1 heterocycles. The van der Waals surface area contributed by atoms with Gasteiger partial charge < -0.3 is 9.52 Å². The third kappa shape index (κ3) is 7.93. The monoisotopic (exact) mass is 740 g/mol. The minimum atomic E-state index is -0.251. The molecule has 0 atom stereocenters. The number of phenols is 1. The summed E-state index contributed by atoms with van der Waals surface area (Å²) >= 11 is 0. The topological polar surface area (TPSA) is 58.6 Å². The fraction of sp³-hybridized carbons (Fsp3) is 0.308. The van der Waals surface area contributed by atoms with Crippen LogP contribution in [-0.2, 0) is 22.7 Å². The van der Waals surface area contributed by atoms with Crippen molar-refractivity contribution in [3.63, 3.8) is 0 Å². The molecule has 0 aliphatic carbocycles. The summed E-state index contributed by atoms with van der Waals surface area (Å²) in [4.78, 5) is 10.4. The van der Waals surface area contributed by atoms with Crippen LogP contribution >= 0.6 is 0 Å². The number of benzene rings is 6. The summed E-state index contributed by atoms with van der Waals surface area (Å²) in [6.07, 6.45) is 2.87. The van der Waals surface area contributed by atoms with E-state index in [2.05, 4.69) is 173 Å². The molecule has 4 nitrogen and oxygen atoms in total. The molecular weight excluding hydrogens is 685 g/mol. The maximum atomic E-state index is 11.6. The average Bonchev–Trinajstić information content (AvgIpc) is 3.57. The Hall–Kier alpha value is -5.48. The Bertz CT molecular complexity index is 2580. The van der Waals surface area contributed by atoms with Crippen molar-refractivity contribution in [2.24, 2.45) is 10.9 Å². The molecular formula is C52H56N2O2. The van der Waals surface area contributed by atoms with Crippen LogP contribution in [0.1, 0.15) is 104 Å². The molecule has 0 spiro atoms. The van der Waals surface area contributed by atoms with E-state index in [1.54, 1.807) is 6.21 Å². The zero-order valence-electron chi connectivity index (χ0n) is 35.0. The fourth-order valence-electron chi connectivity index (χ4n) is 7.45. The standard InChI is InChI=1S/C52H56N2O2/c1-32(2)25-33-15-14-17-37(26-33)34-19-21-36(22-20-34)43-28-40(51(6,7)8)30-45-47(43)54-49(56-45)42-24-23-35-16-12-13-18-41(35)46(42)53-31-38-27-39(50(3,4)5)29-44(48(38)55)52(9,10)11/h12-24,26-32,55H,25H2,1-11H3. The number of phenolic OH excluding ortho intramolecular Hbond substituents is 1. The molecule has 4 heteroatoms. The molecule has 0 fully saturated rings. The molecule has 286 valence electrons. The van der Waals surface area contributed by atoms with Crippen LogP contribution in [0.5, 0.6) is 5.75 Å². The summed E-state index contributed by atoms with van der Waals surface area (Å²) in [6, 6.07) is 38.7. The molecule has 0 unspecified atom stereocenters. The van der Waals surface area contributed by atoms with E-state index in [4.69, 9.17) is 14.4 Å². The van der Waals surface area contributed by atoms with Gasteiger partial charge in [0.2, 0.25) is 5.89 Å². The van der Waals surface area contributed by atoms with Gasteiger partial charge >= 0.3 is 0 Å². The normalized spacial score (nSPS) is 12.8. The second-order valence-corrected chi connectivity index (χ2v) is 18.9. The Morgan fingerprint density at radius 1 is 0.661 bits per heavy atom. The number of aromatic nitrogens is 1. The second-order valence-electron chi connectivity index (χ2n) is 18.9. The maximum absolute atomic E-state index is 11.6. The largest absolute Gasteiger partial charge is 0.507 e. The van der Waals surface area contributed by atoms with E-state index in [0.717, 1.165) is 61.8 Å². The van der Waals surface area contributed by atoms with Crippen LogP contribution in [0.25, 0.3) is 55.6 Å². The van der Waals surface area contributed by atoms with Crippen molar-refractivity contribution in [1.29, 1.82) is 0 Å². The summed E-state index contributed by atoms with van der Waals surface area (Å²) < 4.78 is 6.75. The number of aromatic hydroxyl groups is 1. The average molecular weight is 741 g/mol. The molecule has 1 aromatic heterocycles. The highest BCUT2D eigenvalue weighted by Gasteiger charge is 2.26. The predicted molar refractivity (Wildman–Crippen MR) is 238 cm³/mol. The van der Waals surface area contributed by atoms with Crippen molar-refractivity contribution in [2.75, 3.05) is 0 Å².